The third kappa shape index (κ3) is 7.94. The maximum absolute atomic E-state index is 14.5. The fourth-order valence-electron chi connectivity index (χ4n) is 6.97. The van der Waals surface area contributed by atoms with Crippen molar-refractivity contribution in [1.29, 1.82) is 0 Å². The number of imidazole rings is 1. The molecule has 1 amide bonds. The van der Waals surface area contributed by atoms with Crippen LogP contribution in [0, 0.1) is 11.6 Å². The second kappa shape index (κ2) is 15.7. The number of aromatic nitrogens is 6. The monoisotopic (exact) mass is 705 g/mol. The van der Waals surface area contributed by atoms with Crippen molar-refractivity contribution in [2.45, 2.75) is 37.8 Å². The van der Waals surface area contributed by atoms with Crippen LogP contribution >= 0.6 is 0 Å². The lowest BCUT2D eigenvalue weighted by Gasteiger charge is -2.34. The van der Waals surface area contributed by atoms with Crippen LogP contribution in [0.2, 0.25) is 0 Å². The molecule has 7 rings (SSSR count). The number of fused-ring (bicyclic) bond motifs is 1. The van der Waals surface area contributed by atoms with E-state index in [2.05, 4.69) is 36.4 Å². The summed E-state index contributed by atoms with van der Waals surface area (Å²) in [7, 11) is 3.29. The summed E-state index contributed by atoms with van der Waals surface area (Å²) in [6.07, 6.45) is 4.07. The van der Waals surface area contributed by atoms with Crippen LogP contribution in [0.1, 0.15) is 46.7 Å². The SMILES string of the molecule is COc1ccc(-n2cnnn2)cc1C(=O)N(C)CC(CCN1CCC(Nc2nc3ccccc3n2Cc2ccc(F)cc2)CC1)c1cccc(F)c1. The zero-order valence-corrected chi connectivity index (χ0v) is 29.2. The van der Waals surface area contributed by atoms with Crippen LogP contribution in [0.3, 0.4) is 0 Å². The average molecular weight is 706 g/mol. The molecule has 52 heavy (non-hydrogen) atoms. The van der Waals surface area contributed by atoms with E-state index in [1.165, 1.54) is 36.3 Å². The van der Waals surface area contributed by atoms with Crippen LogP contribution in [0.4, 0.5) is 14.7 Å². The van der Waals surface area contributed by atoms with Gasteiger partial charge in [0.25, 0.3) is 5.91 Å². The predicted molar refractivity (Wildman–Crippen MR) is 195 cm³/mol. The largest absolute Gasteiger partial charge is 0.496 e. The van der Waals surface area contributed by atoms with E-state index in [1.54, 1.807) is 42.3 Å². The Morgan fingerprint density at radius 2 is 1.79 bits per heavy atom. The van der Waals surface area contributed by atoms with Gasteiger partial charge in [-0.05, 0) is 102 Å². The fourth-order valence-corrected chi connectivity index (χ4v) is 6.97. The Bertz CT molecular complexity index is 2110. The van der Waals surface area contributed by atoms with Gasteiger partial charge in [-0.2, -0.15) is 0 Å². The predicted octanol–water partition coefficient (Wildman–Crippen LogP) is 6.17. The summed E-state index contributed by atoms with van der Waals surface area (Å²) in [6, 6.07) is 26.8. The minimum Gasteiger partial charge on any atom is -0.496 e. The van der Waals surface area contributed by atoms with Crippen LogP contribution in [0.25, 0.3) is 16.7 Å². The molecule has 1 saturated heterocycles. The van der Waals surface area contributed by atoms with Gasteiger partial charge in [0.2, 0.25) is 5.95 Å². The highest BCUT2D eigenvalue weighted by atomic mass is 19.1. The van der Waals surface area contributed by atoms with E-state index in [9.17, 15) is 13.6 Å². The summed E-state index contributed by atoms with van der Waals surface area (Å²) in [4.78, 5) is 22.9. The Morgan fingerprint density at radius 3 is 2.54 bits per heavy atom. The highest BCUT2D eigenvalue weighted by molar-refractivity contribution is 5.97. The number of rotatable bonds is 13. The third-order valence-electron chi connectivity index (χ3n) is 9.81. The zero-order chi connectivity index (χ0) is 36.0. The Balaban J connectivity index is 1.00. The van der Waals surface area contributed by atoms with Crippen LogP contribution in [0.5, 0.6) is 5.75 Å². The molecule has 0 radical (unpaired) electrons. The van der Waals surface area contributed by atoms with E-state index in [4.69, 9.17) is 9.72 Å². The number of carbonyl (C=O) groups excluding carboxylic acids is 1. The number of likely N-dealkylation sites (tertiary alicyclic amines) is 1. The van der Waals surface area contributed by atoms with Gasteiger partial charge >= 0.3 is 0 Å². The second-order valence-corrected chi connectivity index (χ2v) is 13.3. The number of piperidine rings is 1. The van der Waals surface area contributed by atoms with Gasteiger partial charge in [-0.25, -0.2) is 18.4 Å². The van der Waals surface area contributed by atoms with Crippen LogP contribution < -0.4 is 10.1 Å². The van der Waals surface area contributed by atoms with E-state index in [1.807, 2.05) is 36.4 Å². The summed E-state index contributed by atoms with van der Waals surface area (Å²) in [5.41, 5.74) is 4.81. The first-order chi connectivity index (χ1) is 25.3. The first-order valence-electron chi connectivity index (χ1n) is 17.5. The summed E-state index contributed by atoms with van der Waals surface area (Å²) >= 11 is 0. The van der Waals surface area contributed by atoms with E-state index in [0.717, 1.165) is 67.0 Å². The lowest BCUT2D eigenvalue weighted by Crippen LogP contribution is -2.40. The number of anilines is 1. The topological polar surface area (TPSA) is 106 Å². The number of amides is 1. The molecular weight excluding hydrogens is 664 g/mol. The lowest BCUT2D eigenvalue weighted by atomic mass is 9.93. The molecule has 1 aliphatic heterocycles. The molecule has 0 saturated carbocycles. The first kappa shape index (κ1) is 34.7. The molecule has 6 aromatic rings. The average Bonchev–Trinajstić information content (AvgIpc) is 3.83. The van der Waals surface area contributed by atoms with Crippen molar-refractivity contribution in [3.05, 3.63) is 126 Å². The van der Waals surface area contributed by atoms with Crippen molar-refractivity contribution < 1.29 is 18.3 Å². The van der Waals surface area contributed by atoms with Gasteiger partial charge in [-0.15, -0.1) is 5.10 Å². The van der Waals surface area contributed by atoms with Gasteiger partial charge in [0.15, 0.2) is 0 Å². The number of hydrogen-bond acceptors (Lipinski definition) is 8. The summed E-state index contributed by atoms with van der Waals surface area (Å²) in [5, 5.41) is 15.0. The Hall–Kier alpha value is -5.69. The number of likely N-dealkylation sites (N-methyl/N-ethyl adjacent to an activating group) is 1. The Morgan fingerprint density at radius 1 is 0.981 bits per heavy atom. The molecule has 0 aliphatic carbocycles. The van der Waals surface area contributed by atoms with Crippen molar-refractivity contribution in [1.82, 2.24) is 39.6 Å². The Labute approximate surface area is 300 Å². The number of ether oxygens (including phenoxy) is 1. The molecule has 1 N–H and O–H groups in total. The quantitative estimate of drug-likeness (QED) is 0.152. The van der Waals surface area contributed by atoms with Gasteiger partial charge < -0.3 is 24.4 Å². The standard InChI is InChI=1S/C39H41F2N9O2/c1-47(38(51)34-23-33(14-15-37(34)52-2)50-26-42-45-46-50)25-29(28-6-5-7-31(41)22-28)16-19-48-20-17-32(18-21-48)43-39-44-35-8-3-4-9-36(35)49(39)24-27-10-12-30(40)13-11-27/h3-15,22-23,26,29,32H,16-21,24-25H2,1-2H3,(H,43,44). The van der Waals surface area contributed by atoms with Crippen molar-refractivity contribution in [2.24, 2.45) is 0 Å². The number of nitrogens with zero attached hydrogens (tertiary/aromatic N) is 8. The minimum atomic E-state index is -0.301. The zero-order valence-electron chi connectivity index (χ0n) is 29.2. The maximum atomic E-state index is 14.5. The number of para-hydroxylation sites is 2. The van der Waals surface area contributed by atoms with Crippen molar-refractivity contribution in [3.63, 3.8) is 0 Å². The number of methoxy groups -OCH3 is 1. The Kier molecular flexibility index (Phi) is 10.5. The van der Waals surface area contributed by atoms with E-state index in [-0.39, 0.29) is 29.5 Å². The number of hydrogen-bond donors (Lipinski definition) is 1. The number of halogens is 2. The molecule has 13 heteroatoms. The molecule has 1 atom stereocenters. The van der Waals surface area contributed by atoms with Gasteiger partial charge in [0.1, 0.15) is 23.7 Å². The van der Waals surface area contributed by atoms with E-state index >= 15 is 0 Å². The van der Waals surface area contributed by atoms with Crippen LogP contribution in [0.15, 0.2) is 97.3 Å². The number of carbonyl (C=O) groups is 1. The smallest absolute Gasteiger partial charge is 0.257 e. The van der Waals surface area contributed by atoms with E-state index in [0.29, 0.717) is 30.1 Å². The third-order valence-corrected chi connectivity index (χ3v) is 9.81. The highest BCUT2D eigenvalue weighted by Crippen LogP contribution is 2.28. The van der Waals surface area contributed by atoms with Gasteiger partial charge in [0.05, 0.1) is 35.9 Å². The number of nitrogens with one attached hydrogen (secondary N) is 1. The molecule has 4 aromatic carbocycles. The molecule has 2 aromatic heterocycles. The molecule has 268 valence electrons. The highest BCUT2D eigenvalue weighted by Gasteiger charge is 2.25. The van der Waals surface area contributed by atoms with Gasteiger partial charge in [-0.1, -0.05) is 36.4 Å². The van der Waals surface area contributed by atoms with Gasteiger partial charge in [-0.3, -0.25) is 4.79 Å². The normalized spacial score (nSPS) is 14.4. The van der Waals surface area contributed by atoms with E-state index < -0.39 is 0 Å². The van der Waals surface area contributed by atoms with Crippen molar-refractivity contribution in [2.75, 3.05) is 45.7 Å². The fraction of sp³-hybridized carbons (Fsp3) is 0.308. The maximum Gasteiger partial charge on any atom is 0.257 e. The molecule has 1 aliphatic rings. The summed E-state index contributed by atoms with van der Waals surface area (Å²) in [5.74, 6) is 0.383. The summed E-state index contributed by atoms with van der Waals surface area (Å²) < 4.78 is 37.2. The van der Waals surface area contributed by atoms with Crippen molar-refractivity contribution >= 4 is 22.9 Å². The van der Waals surface area contributed by atoms with Crippen LogP contribution in [-0.4, -0.2) is 91.8 Å². The van der Waals surface area contributed by atoms with Gasteiger partial charge in [0, 0.05) is 38.6 Å². The molecule has 11 nitrogen and oxygen atoms in total. The molecular formula is C39H41F2N9O2. The molecule has 0 spiro atoms. The summed E-state index contributed by atoms with van der Waals surface area (Å²) in [6.45, 7) is 3.56. The molecule has 1 unspecified atom stereocenters. The number of tetrazole rings is 1. The minimum absolute atomic E-state index is 0.0967. The second-order valence-electron chi connectivity index (χ2n) is 13.3. The van der Waals surface area contributed by atoms with Crippen molar-refractivity contribution in [3.8, 4) is 11.4 Å². The number of benzene rings is 4. The first-order valence-corrected chi connectivity index (χ1v) is 17.5. The molecule has 1 fully saturated rings. The molecule has 3 heterocycles. The van der Waals surface area contributed by atoms with Crippen LogP contribution in [-0.2, 0) is 6.54 Å². The lowest BCUT2D eigenvalue weighted by molar-refractivity contribution is 0.0778. The molecule has 0 bridgehead atoms.